The van der Waals surface area contributed by atoms with E-state index in [1.54, 1.807) is 6.92 Å². The van der Waals surface area contributed by atoms with Gasteiger partial charge in [-0.15, -0.1) is 0 Å². The van der Waals surface area contributed by atoms with Gasteiger partial charge in [-0.25, -0.2) is 0 Å². The summed E-state index contributed by atoms with van der Waals surface area (Å²) in [5, 5.41) is 0. The van der Waals surface area contributed by atoms with Gasteiger partial charge >= 0.3 is 5.97 Å². The number of rotatable bonds is 7. The number of carbonyl (C=O) groups is 1. The van der Waals surface area contributed by atoms with Gasteiger partial charge in [0.1, 0.15) is 5.54 Å². The minimum atomic E-state index is -0.847. The Morgan fingerprint density at radius 2 is 1.90 bits per heavy atom. The van der Waals surface area contributed by atoms with E-state index in [9.17, 15) is 4.79 Å². The van der Waals surface area contributed by atoms with Crippen LogP contribution in [0.2, 0.25) is 0 Å². The van der Waals surface area contributed by atoms with Gasteiger partial charge in [-0.3, -0.25) is 4.79 Å². The topological polar surface area (TPSA) is 55.6 Å². The fourth-order valence-electron chi connectivity index (χ4n) is 2.97. The Hall–Kier alpha value is -0.610. The van der Waals surface area contributed by atoms with Gasteiger partial charge in [0, 0.05) is 6.04 Å². The number of ether oxygens (including phenoxy) is 1. The summed E-state index contributed by atoms with van der Waals surface area (Å²) in [5.74, 6) is -0.280. The van der Waals surface area contributed by atoms with Gasteiger partial charge in [0.05, 0.1) is 6.61 Å². The fourth-order valence-corrected chi connectivity index (χ4v) is 2.97. The highest BCUT2D eigenvalue weighted by Gasteiger charge is 2.29. The summed E-state index contributed by atoms with van der Waals surface area (Å²) >= 11 is 0. The Labute approximate surface area is 124 Å². The number of hydrogen-bond acceptors (Lipinski definition) is 4. The van der Waals surface area contributed by atoms with Crippen molar-refractivity contribution >= 4 is 5.97 Å². The summed E-state index contributed by atoms with van der Waals surface area (Å²) in [4.78, 5) is 14.2. The summed E-state index contributed by atoms with van der Waals surface area (Å²) in [6.45, 7) is 4.99. The van der Waals surface area contributed by atoms with E-state index < -0.39 is 5.54 Å². The third-order valence-corrected chi connectivity index (χ3v) is 4.40. The predicted molar refractivity (Wildman–Crippen MR) is 82.6 cm³/mol. The van der Waals surface area contributed by atoms with E-state index in [4.69, 9.17) is 10.5 Å². The molecule has 1 atom stereocenters. The Kier molecular flexibility index (Phi) is 7.52. The molecule has 1 fully saturated rings. The summed E-state index contributed by atoms with van der Waals surface area (Å²) in [5.41, 5.74) is 5.20. The van der Waals surface area contributed by atoms with E-state index >= 15 is 0 Å². The maximum atomic E-state index is 11.7. The van der Waals surface area contributed by atoms with Crippen LogP contribution < -0.4 is 5.73 Å². The third-order valence-electron chi connectivity index (χ3n) is 4.40. The molecule has 0 aliphatic heterocycles. The molecule has 0 radical (unpaired) electrons. The van der Waals surface area contributed by atoms with Crippen molar-refractivity contribution in [3.05, 3.63) is 0 Å². The maximum Gasteiger partial charge on any atom is 0.325 e. The van der Waals surface area contributed by atoms with E-state index in [1.165, 1.54) is 38.5 Å². The standard InChI is InChI=1S/C16H32N2O2/c1-4-20-15(19)16(2,17)12-9-13-18(3)14-10-7-5-6-8-11-14/h14H,4-13,17H2,1-3H3. The predicted octanol–water partition coefficient (Wildman–Crippen LogP) is 2.70. The van der Waals surface area contributed by atoms with Crippen LogP contribution in [0.25, 0.3) is 0 Å². The molecule has 1 saturated carbocycles. The van der Waals surface area contributed by atoms with E-state index in [1.807, 2.05) is 6.92 Å². The molecule has 1 rings (SSSR count). The quantitative estimate of drug-likeness (QED) is 0.577. The average Bonchev–Trinajstić information content (AvgIpc) is 2.67. The van der Waals surface area contributed by atoms with Crippen LogP contribution >= 0.6 is 0 Å². The number of carbonyl (C=O) groups excluding carboxylic acids is 1. The normalized spacial score (nSPS) is 20.4. The number of hydrogen-bond donors (Lipinski definition) is 1. The lowest BCUT2D eigenvalue weighted by Gasteiger charge is -2.28. The molecule has 0 heterocycles. The molecule has 4 nitrogen and oxygen atoms in total. The molecule has 1 aliphatic rings. The Morgan fingerprint density at radius 1 is 1.30 bits per heavy atom. The molecule has 0 aromatic rings. The Bertz CT molecular complexity index is 284. The van der Waals surface area contributed by atoms with Crippen molar-refractivity contribution in [1.29, 1.82) is 0 Å². The first-order chi connectivity index (χ1) is 9.47. The van der Waals surface area contributed by atoms with Gasteiger partial charge in [-0.2, -0.15) is 0 Å². The minimum Gasteiger partial charge on any atom is -0.465 e. The molecule has 20 heavy (non-hydrogen) atoms. The third kappa shape index (κ3) is 5.80. The molecule has 0 aromatic carbocycles. The summed E-state index contributed by atoms with van der Waals surface area (Å²) in [7, 11) is 2.20. The fraction of sp³-hybridized carbons (Fsp3) is 0.938. The first-order valence-electron chi connectivity index (χ1n) is 8.13. The Morgan fingerprint density at radius 3 is 2.45 bits per heavy atom. The lowest BCUT2D eigenvalue weighted by molar-refractivity contribution is -0.149. The molecule has 0 bridgehead atoms. The molecule has 2 N–H and O–H groups in total. The van der Waals surface area contributed by atoms with Crippen molar-refractivity contribution in [3.63, 3.8) is 0 Å². The highest BCUT2D eigenvalue weighted by atomic mass is 16.5. The molecule has 0 saturated heterocycles. The zero-order valence-electron chi connectivity index (χ0n) is 13.5. The molecule has 1 aliphatic carbocycles. The van der Waals surface area contributed by atoms with Crippen molar-refractivity contribution in [2.75, 3.05) is 20.2 Å². The molecular weight excluding hydrogens is 252 g/mol. The van der Waals surface area contributed by atoms with Crippen LogP contribution in [0.3, 0.4) is 0 Å². The van der Waals surface area contributed by atoms with E-state index in [2.05, 4.69) is 11.9 Å². The van der Waals surface area contributed by atoms with Crippen molar-refractivity contribution < 1.29 is 9.53 Å². The van der Waals surface area contributed by atoms with Crippen LogP contribution in [-0.2, 0) is 9.53 Å². The highest BCUT2D eigenvalue weighted by molar-refractivity contribution is 5.79. The zero-order chi connectivity index (χ0) is 15.0. The van der Waals surface area contributed by atoms with Crippen LogP contribution in [0.5, 0.6) is 0 Å². The molecular formula is C16H32N2O2. The van der Waals surface area contributed by atoms with Crippen LogP contribution in [0.15, 0.2) is 0 Å². The first kappa shape index (κ1) is 17.4. The van der Waals surface area contributed by atoms with Crippen LogP contribution in [0.4, 0.5) is 0 Å². The Balaban J connectivity index is 2.29. The number of nitrogens with zero attached hydrogens (tertiary/aromatic N) is 1. The molecule has 1 unspecified atom stereocenters. The van der Waals surface area contributed by atoms with Crippen LogP contribution in [0, 0.1) is 0 Å². The monoisotopic (exact) mass is 284 g/mol. The SMILES string of the molecule is CCOC(=O)C(C)(N)CCCN(C)C1CCCCCC1. The van der Waals surface area contributed by atoms with Crippen molar-refractivity contribution in [2.45, 2.75) is 76.8 Å². The average molecular weight is 284 g/mol. The summed E-state index contributed by atoms with van der Waals surface area (Å²) in [6, 6.07) is 0.712. The van der Waals surface area contributed by atoms with Crippen molar-refractivity contribution in [1.82, 2.24) is 4.90 Å². The van der Waals surface area contributed by atoms with Gasteiger partial charge in [0.2, 0.25) is 0 Å². The van der Waals surface area contributed by atoms with E-state index in [0.717, 1.165) is 13.0 Å². The van der Waals surface area contributed by atoms with Gasteiger partial charge < -0.3 is 15.4 Å². The molecule has 4 heteroatoms. The zero-order valence-corrected chi connectivity index (χ0v) is 13.5. The van der Waals surface area contributed by atoms with E-state index in [0.29, 0.717) is 19.1 Å². The molecule has 0 amide bonds. The van der Waals surface area contributed by atoms with Gasteiger partial charge in [-0.05, 0) is 53.1 Å². The lowest BCUT2D eigenvalue weighted by Crippen LogP contribution is -2.46. The number of esters is 1. The van der Waals surface area contributed by atoms with Gasteiger partial charge in [0.15, 0.2) is 0 Å². The van der Waals surface area contributed by atoms with Gasteiger partial charge in [-0.1, -0.05) is 25.7 Å². The van der Waals surface area contributed by atoms with Crippen LogP contribution in [-0.4, -0.2) is 42.6 Å². The van der Waals surface area contributed by atoms with Crippen molar-refractivity contribution in [2.24, 2.45) is 5.73 Å². The van der Waals surface area contributed by atoms with Crippen LogP contribution in [0.1, 0.15) is 65.2 Å². The second-order valence-corrected chi connectivity index (χ2v) is 6.37. The first-order valence-corrected chi connectivity index (χ1v) is 8.13. The highest BCUT2D eigenvalue weighted by Crippen LogP contribution is 2.21. The van der Waals surface area contributed by atoms with Gasteiger partial charge in [0.25, 0.3) is 0 Å². The largest absolute Gasteiger partial charge is 0.465 e. The smallest absolute Gasteiger partial charge is 0.325 e. The molecule has 0 aromatic heterocycles. The lowest BCUT2D eigenvalue weighted by atomic mass is 9.97. The number of nitrogens with two attached hydrogens (primary N) is 1. The van der Waals surface area contributed by atoms with E-state index in [-0.39, 0.29) is 5.97 Å². The summed E-state index contributed by atoms with van der Waals surface area (Å²) < 4.78 is 5.02. The molecule has 118 valence electrons. The van der Waals surface area contributed by atoms with Crippen molar-refractivity contribution in [3.8, 4) is 0 Å². The molecule has 0 spiro atoms. The second kappa shape index (κ2) is 8.63. The second-order valence-electron chi connectivity index (χ2n) is 6.37. The minimum absolute atomic E-state index is 0.280. The summed E-state index contributed by atoms with van der Waals surface area (Å²) in [6.07, 6.45) is 9.73. The maximum absolute atomic E-state index is 11.7.